The molecule has 0 fully saturated rings. The summed E-state index contributed by atoms with van der Waals surface area (Å²) in [5.41, 5.74) is 2.43. The lowest BCUT2D eigenvalue weighted by atomic mass is 10.2. The predicted molar refractivity (Wildman–Crippen MR) is 109 cm³/mol. The summed E-state index contributed by atoms with van der Waals surface area (Å²) in [6.45, 7) is 1.93. The maximum atomic E-state index is 13.1. The van der Waals surface area contributed by atoms with Gasteiger partial charge in [0.25, 0.3) is 10.0 Å². The van der Waals surface area contributed by atoms with E-state index in [2.05, 4.69) is 47.8 Å². The van der Waals surface area contributed by atoms with Crippen molar-refractivity contribution in [1.29, 1.82) is 0 Å². The molecule has 2 aromatic carbocycles. The van der Waals surface area contributed by atoms with Crippen LogP contribution in [-0.4, -0.2) is 12.4 Å². The van der Waals surface area contributed by atoms with Crippen LogP contribution in [-0.2, 0) is 10.0 Å². The second-order valence-electron chi connectivity index (χ2n) is 5.27. The molecule has 0 spiro atoms. The third kappa shape index (κ3) is 3.27. The summed E-state index contributed by atoms with van der Waals surface area (Å²) in [6.07, 6.45) is 3.46. The van der Waals surface area contributed by atoms with Crippen LogP contribution in [0.15, 0.2) is 61.4 Å². The zero-order chi connectivity index (χ0) is 17.5. The molecule has 0 amide bonds. The largest absolute Gasteiger partial charge is 0.268 e. The van der Waals surface area contributed by atoms with Gasteiger partial charge in [0.1, 0.15) is 0 Å². The molecule has 0 unspecified atom stereocenters. The molecule has 3 aromatic rings. The van der Waals surface area contributed by atoms with E-state index in [-0.39, 0.29) is 4.90 Å². The molecule has 0 saturated heterocycles. The van der Waals surface area contributed by atoms with Gasteiger partial charge in [-0.25, -0.2) is 12.4 Å². The maximum absolute atomic E-state index is 13.1. The molecule has 0 aliphatic carbocycles. The second-order valence-corrected chi connectivity index (χ2v) is 10.7. The minimum Gasteiger partial charge on any atom is -0.240 e. The molecule has 1 heterocycles. The maximum Gasteiger partial charge on any atom is 0.268 e. The van der Waals surface area contributed by atoms with Crippen LogP contribution in [0.2, 0.25) is 0 Å². The van der Waals surface area contributed by atoms with E-state index >= 15 is 0 Å². The van der Waals surface area contributed by atoms with Gasteiger partial charge in [0.05, 0.1) is 13.8 Å². The molecule has 0 aliphatic heterocycles. The minimum absolute atomic E-state index is 0.262. The van der Waals surface area contributed by atoms with Crippen molar-refractivity contribution in [1.82, 2.24) is 3.97 Å². The SMILES string of the molecule is Cc1ccc(S(=O)(=O)n2cc(C=C(Br)Br)c3c(Br)cccc32)cc1. The number of hydrogen-bond acceptors (Lipinski definition) is 2. The van der Waals surface area contributed by atoms with Gasteiger partial charge in [0, 0.05) is 21.6 Å². The summed E-state index contributed by atoms with van der Waals surface area (Å²) < 4.78 is 29.0. The first-order chi connectivity index (χ1) is 11.3. The number of aryl methyl sites for hydroxylation is 1. The summed E-state index contributed by atoms with van der Waals surface area (Å²) in [7, 11) is -3.68. The Bertz CT molecular complexity index is 1050. The monoisotopic (exact) mass is 531 g/mol. The van der Waals surface area contributed by atoms with Gasteiger partial charge >= 0.3 is 0 Å². The molecule has 1 aromatic heterocycles. The van der Waals surface area contributed by atoms with Crippen LogP contribution < -0.4 is 0 Å². The molecular formula is C17H12Br3NO2S. The van der Waals surface area contributed by atoms with Gasteiger partial charge in [0.15, 0.2) is 0 Å². The molecule has 0 N–H and O–H groups in total. The first-order valence-electron chi connectivity index (χ1n) is 6.95. The Labute approximate surface area is 165 Å². The zero-order valence-corrected chi connectivity index (χ0v) is 18.1. The first kappa shape index (κ1) is 17.9. The predicted octanol–water partition coefficient (Wildman–Crippen LogP) is 6.04. The smallest absolute Gasteiger partial charge is 0.240 e. The standard InChI is InChI=1S/C17H12Br3NO2S/c1-11-5-7-13(8-6-11)24(22,23)21-10-12(9-16(19)20)17-14(18)3-2-4-15(17)21/h2-10H,1H3. The lowest BCUT2D eigenvalue weighted by Crippen LogP contribution is -2.11. The van der Waals surface area contributed by atoms with Gasteiger partial charge in [-0.3, -0.25) is 0 Å². The molecule has 0 saturated carbocycles. The number of fused-ring (bicyclic) bond motifs is 1. The van der Waals surface area contributed by atoms with Gasteiger partial charge in [-0.2, -0.15) is 0 Å². The molecule has 3 nitrogen and oxygen atoms in total. The van der Waals surface area contributed by atoms with Crippen molar-refractivity contribution in [3.63, 3.8) is 0 Å². The highest BCUT2D eigenvalue weighted by Crippen LogP contribution is 2.34. The number of rotatable bonds is 3. The van der Waals surface area contributed by atoms with E-state index in [1.165, 1.54) is 3.97 Å². The number of halogens is 3. The Morgan fingerprint density at radius 3 is 2.38 bits per heavy atom. The Kier molecular flexibility index (Phi) is 5.06. The van der Waals surface area contributed by atoms with E-state index in [1.807, 2.05) is 25.1 Å². The van der Waals surface area contributed by atoms with E-state index in [4.69, 9.17) is 0 Å². The summed E-state index contributed by atoms with van der Waals surface area (Å²) in [6, 6.07) is 12.4. The Morgan fingerprint density at radius 1 is 1.08 bits per heavy atom. The van der Waals surface area contributed by atoms with Crippen molar-refractivity contribution in [3.05, 3.63) is 67.7 Å². The van der Waals surface area contributed by atoms with E-state index in [1.54, 1.807) is 36.5 Å². The van der Waals surface area contributed by atoms with Gasteiger partial charge in [-0.15, -0.1) is 0 Å². The van der Waals surface area contributed by atoms with Gasteiger partial charge in [-0.1, -0.05) is 39.7 Å². The van der Waals surface area contributed by atoms with Crippen molar-refractivity contribution in [2.75, 3.05) is 0 Å². The average molecular weight is 534 g/mol. The summed E-state index contributed by atoms with van der Waals surface area (Å²) in [5, 5.41) is 0.838. The van der Waals surface area contributed by atoms with Crippen molar-refractivity contribution >= 4 is 74.8 Å². The normalized spacial score (nSPS) is 11.7. The number of aromatic nitrogens is 1. The van der Waals surface area contributed by atoms with Crippen molar-refractivity contribution in [3.8, 4) is 0 Å². The zero-order valence-electron chi connectivity index (χ0n) is 12.5. The van der Waals surface area contributed by atoms with Crippen LogP contribution in [0.1, 0.15) is 11.1 Å². The van der Waals surface area contributed by atoms with E-state index < -0.39 is 10.0 Å². The van der Waals surface area contributed by atoms with E-state index in [9.17, 15) is 8.42 Å². The lowest BCUT2D eigenvalue weighted by Gasteiger charge is -2.08. The fourth-order valence-electron chi connectivity index (χ4n) is 2.49. The third-order valence-corrected chi connectivity index (χ3v) is 6.42. The fourth-order valence-corrected chi connectivity index (χ4v) is 4.94. The Morgan fingerprint density at radius 2 is 1.75 bits per heavy atom. The quantitative estimate of drug-likeness (QED) is 0.412. The highest BCUT2D eigenvalue weighted by atomic mass is 79.9. The van der Waals surface area contributed by atoms with E-state index in [0.29, 0.717) is 5.52 Å². The number of hydrogen-bond donors (Lipinski definition) is 0. The van der Waals surface area contributed by atoms with Crippen LogP contribution in [0.4, 0.5) is 0 Å². The van der Waals surface area contributed by atoms with Crippen molar-refractivity contribution in [2.45, 2.75) is 11.8 Å². The Balaban J connectivity index is 2.32. The molecule has 0 bridgehead atoms. The van der Waals surface area contributed by atoms with Crippen LogP contribution in [0.3, 0.4) is 0 Å². The Hall–Kier alpha value is -0.890. The fraction of sp³-hybridized carbons (Fsp3) is 0.0588. The average Bonchev–Trinajstić information content (AvgIpc) is 2.88. The minimum atomic E-state index is -3.68. The topological polar surface area (TPSA) is 39.1 Å². The third-order valence-electron chi connectivity index (χ3n) is 3.62. The van der Waals surface area contributed by atoms with Crippen LogP contribution in [0.5, 0.6) is 0 Å². The second kappa shape index (κ2) is 6.78. The number of nitrogens with zero attached hydrogens (tertiary/aromatic N) is 1. The van der Waals surface area contributed by atoms with Gasteiger partial charge in [-0.05, 0) is 69.1 Å². The highest BCUT2D eigenvalue weighted by Gasteiger charge is 2.21. The molecule has 0 aliphatic rings. The highest BCUT2D eigenvalue weighted by molar-refractivity contribution is 9.28. The molecule has 24 heavy (non-hydrogen) atoms. The number of benzene rings is 2. The molecular weight excluding hydrogens is 522 g/mol. The van der Waals surface area contributed by atoms with Gasteiger partial charge < -0.3 is 0 Å². The first-order valence-corrected chi connectivity index (χ1v) is 10.8. The van der Waals surface area contributed by atoms with Crippen LogP contribution in [0, 0.1) is 6.92 Å². The lowest BCUT2D eigenvalue weighted by molar-refractivity contribution is 0.589. The van der Waals surface area contributed by atoms with E-state index in [0.717, 1.165) is 24.4 Å². The molecule has 0 atom stereocenters. The van der Waals surface area contributed by atoms with Gasteiger partial charge in [0.2, 0.25) is 0 Å². The molecule has 124 valence electrons. The van der Waals surface area contributed by atoms with Crippen LogP contribution >= 0.6 is 47.8 Å². The summed E-state index contributed by atoms with van der Waals surface area (Å²) >= 11 is 10.2. The van der Waals surface area contributed by atoms with Crippen LogP contribution in [0.25, 0.3) is 17.0 Å². The van der Waals surface area contributed by atoms with Crippen molar-refractivity contribution < 1.29 is 8.42 Å². The van der Waals surface area contributed by atoms with Crippen molar-refractivity contribution in [2.24, 2.45) is 0 Å². The summed E-state index contributed by atoms with van der Waals surface area (Å²) in [4.78, 5) is 0.262. The summed E-state index contributed by atoms with van der Waals surface area (Å²) in [5.74, 6) is 0. The molecule has 3 rings (SSSR count). The molecule has 7 heteroatoms. The molecule has 0 radical (unpaired) electrons.